The maximum atomic E-state index is 12.8. The molecule has 1 rings (SSSR count). The zero-order valence-corrected chi connectivity index (χ0v) is 38.6. The summed E-state index contributed by atoms with van der Waals surface area (Å²) in [5, 5.41) is 30.9. The molecule has 0 aliphatic carbocycles. The molecule has 1 fully saturated rings. The molecule has 2 unspecified atom stereocenters. The number of allylic oxidation sites excluding steroid dienone is 2. The number of esters is 2. The molecule has 60 heavy (non-hydrogen) atoms. The third-order valence-corrected chi connectivity index (χ3v) is 12.1. The minimum Gasteiger partial charge on any atom is -0.462 e. The minimum atomic E-state index is -4.60. The van der Waals surface area contributed by atoms with E-state index in [0.717, 1.165) is 38.5 Å². The molecule has 0 aromatic rings. The molecule has 6 atom stereocenters. The molecule has 1 aliphatic heterocycles. The van der Waals surface area contributed by atoms with E-state index < -0.39 is 71.2 Å². The van der Waals surface area contributed by atoms with Crippen molar-refractivity contribution in [2.45, 2.75) is 256 Å². The summed E-state index contributed by atoms with van der Waals surface area (Å²) in [4.78, 5) is 25.4. The Kier molecular flexibility index (Phi) is 35.6. The van der Waals surface area contributed by atoms with Gasteiger partial charge in [-0.25, -0.2) is 0 Å². The second-order valence-electron chi connectivity index (χ2n) is 17.1. The fourth-order valence-corrected chi connectivity index (χ4v) is 8.25. The summed E-state index contributed by atoms with van der Waals surface area (Å²) in [7, 11) is -4.60. The van der Waals surface area contributed by atoms with Crippen molar-refractivity contribution in [1.29, 1.82) is 0 Å². The molecular weight excluding hydrogens is 789 g/mol. The van der Waals surface area contributed by atoms with E-state index in [1.165, 1.54) is 141 Å². The Balaban J connectivity index is 2.34. The molecule has 13 heteroatoms. The lowest BCUT2D eigenvalue weighted by atomic mass is 10.00. The van der Waals surface area contributed by atoms with Gasteiger partial charge in [0.1, 0.15) is 36.8 Å². The van der Waals surface area contributed by atoms with Crippen LogP contribution in [0.4, 0.5) is 0 Å². The molecule has 1 aliphatic rings. The van der Waals surface area contributed by atoms with E-state index in [-0.39, 0.29) is 19.4 Å². The molecule has 1 saturated heterocycles. The summed E-state index contributed by atoms with van der Waals surface area (Å²) >= 11 is 0. The number of hydrogen-bond donors (Lipinski definition) is 4. The maximum Gasteiger partial charge on any atom is 0.306 e. The SMILES string of the molecule is CCCCCCCC/C=C/CCCCCCCCCCCCCC(=O)OC[C@H](CO[C@H]1O[C@H](CS(=O)(=O)O)[C@@H](O)C(O)C1O)OC(=O)CCCCCCCCCCCCC. The number of unbranched alkanes of at least 4 members (excludes halogenated alkanes) is 27. The quantitative estimate of drug-likeness (QED) is 0.0197. The minimum absolute atomic E-state index is 0.169. The Hall–Kier alpha value is -1.61. The van der Waals surface area contributed by atoms with Gasteiger partial charge in [-0.3, -0.25) is 14.1 Å². The van der Waals surface area contributed by atoms with Gasteiger partial charge < -0.3 is 34.3 Å². The lowest BCUT2D eigenvalue weighted by molar-refractivity contribution is -0.297. The summed E-state index contributed by atoms with van der Waals surface area (Å²) in [6.45, 7) is 3.76. The standard InChI is InChI=1S/C47H88O12S/c1-3-5-7-9-11-13-15-16-17-18-19-20-21-22-23-24-26-27-29-31-33-35-42(48)56-37-40(58-43(49)36-34-32-30-28-25-14-12-10-8-6-4-2)38-57-47-46(52)45(51)44(50)41(59-47)39-60(53,54)55/h16-17,40-41,44-47,50-52H,3-15,18-39H2,1-2H3,(H,53,54,55)/b17-16+/t40-,41-,44-,45?,46?,47+/m1/s1. The average Bonchev–Trinajstić information content (AvgIpc) is 3.21. The van der Waals surface area contributed by atoms with Gasteiger partial charge in [-0.15, -0.1) is 0 Å². The van der Waals surface area contributed by atoms with E-state index in [1.54, 1.807) is 0 Å². The molecule has 0 aromatic heterocycles. The van der Waals surface area contributed by atoms with Gasteiger partial charge in [0.15, 0.2) is 12.4 Å². The zero-order chi connectivity index (χ0) is 44.1. The number of carbonyl (C=O) groups is 2. The molecule has 0 aromatic carbocycles. The summed E-state index contributed by atoms with van der Waals surface area (Å²) in [6.07, 6.45) is 31.2. The Morgan fingerprint density at radius 3 is 1.38 bits per heavy atom. The number of rotatable bonds is 41. The number of carbonyl (C=O) groups excluding carboxylic acids is 2. The Bertz CT molecular complexity index is 1170. The average molecular weight is 877 g/mol. The van der Waals surface area contributed by atoms with E-state index in [9.17, 15) is 37.9 Å². The van der Waals surface area contributed by atoms with Crippen LogP contribution in [0.1, 0.15) is 219 Å². The van der Waals surface area contributed by atoms with Crippen LogP contribution in [-0.4, -0.2) is 96.0 Å². The Morgan fingerprint density at radius 1 is 0.550 bits per heavy atom. The topological polar surface area (TPSA) is 186 Å². The first-order chi connectivity index (χ1) is 29.0. The Labute approximate surface area is 365 Å². The predicted molar refractivity (Wildman–Crippen MR) is 238 cm³/mol. The van der Waals surface area contributed by atoms with E-state index >= 15 is 0 Å². The van der Waals surface area contributed by atoms with E-state index in [1.807, 2.05) is 0 Å². The van der Waals surface area contributed by atoms with Crippen LogP contribution in [0.5, 0.6) is 0 Å². The molecule has 0 spiro atoms. The highest BCUT2D eigenvalue weighted by atomic mass is 32.2. The van der Waals surface area contributed by atoms with Crippen LogP contribution in [-0.2, 0) is 38.7 Å². The number of hydrogen-bond acceptors (Lipinski definition) is 11. The van der Waals surface area contributed by atoms with Crippen LogP contribution < -0.4 is 0 Å². The van der Waals surface area contributed by atoms with Crippen molar-refractivity contribution < 1.29 is 56.8 Å². The Morgan fingerprint density at radius 2 is 0.950 bits per heavy atom. The van der Waals surface area contributed by atoms with Crippen LogP contribution in [0.25, 0.3) is 0 Å². The van der Waals surface area contributed by atoms with E-state index in [4.69, 9.17) is 18.9 Å². The first-order valence-electron chi connectivity index (χ1n) is 24.2. The van der Waals surface area contributed by atoms with Gasteiger partial charge in [-0.2, -0.15) is 8.42 Å². The fraction of sp³-hybridized carbons (Fsp3) is 0.915. The number of aliphatic hydroxyl groups is 3. The van der Waals surface area contributed by atoms with Gasteiger partial charge in [0.2, 0.25) is 0 Å². The molecule has 0 radical (unpaired) electrons. The third kappa shape index (κ3) is 32.1. The van der Waals surface area contributed by atoms with E-state index in [2.05, 4.69) is 26.0 Å². The van der Waals surface area contributed by atoms with Crippen molar-refractivity contribution in [2.75, 3.05) is 19.0 Å². The molecule has 0 amide bonds. The molecule has 4 N–H and O–H groups in total. The van der Waals surface area contributed by atoms with Gasteiger partial charge in [0.25, 0.3) is 10.1 Å². The largest absolute Gasteiger partial charge is 0.462 e. The predicted octanol–water partition coefficient (Wildman–Crippen LogP) is 10.2. The summed E-state index contributed by atoms with van der Waals surface area (Å²) in [5.74, 6) is -1.97. The van der Waals surface area contributed by atoms with Crippen LogP contribution in [0, 0.1) is 0 Å². The van der Waals surface area contributed by atoms with Crippen molar-refractivity contribution in [1.82, 2.24) is 0 Å². The molecular formula is C47H88O12S. The van der Waals surface area contributed by atoms with Crippen molar-refractivity contribution in [3.8, 4) is 0 Å². The normalized spacial score (nSPS) is 20.1. The first kappa shape index (κ1) is 56.4. The van der Waals surface area contributed by atoms with Crippen LogP contribution >= 0.6 is 0 Å². The molecule has 0 bridgehead atoms. The lowest BCUT2D eigenvalue weighted by Crippen LogP contribution is -2.60. The first-order valence-corrected chi connectivity index (χ1v) is 25.9. The summed E-state index contributed by atoms with van der Waals surface area (Å²) < 4.78 is 54.1. The lowest BCUT2D eigenvalue weighted by Gasteiger charge is -2.40. The van der Waals surface area contributed by atoms with Crippen molar-refractivity contribution in [3.63, 3.8) is 0 Å². The van der Waals surface area contributed by atoms with Crippen LogP contribution in [0.3, 0.4) is 0 Å². The highest BCUT2D eigenvalue weighted by Gasteiger charge is 2.46. The summed E-state index contributed by atoms with van der Waals surface area (Å²) in [5.41, 5.74) is 0. The zero-order valence-electron chi connectivity index (χ0n) is 37.8. The van der Waals surface area contributed by atoms with E-state index in [0.29, 0.717) is 12.8 Å². The summed E-state index contributed by atoms with van der Waals surface area (Å²) in [6, 6.07) is 0. The third-order valence-electron chi connectivity index (χ3n) is 11.3. The van der Waals surface area contributed by atoms with Gasteiger partial charge in [0, 0.05) is 12.8 Å². The molecule has 1 heterocycles. The van der Waals surface area contributed by atoms with Crippen molar-refractivity contribution in [2.24, 2.45) is 0 Å². The number of ether oxygens (including phenoxy) is 4. The monoisotopic (exact) mass is 877 g/mol. The highest BCUT2D eigenvalue weighted by Crippen LogP contribution is 2.24. The van der Waals surface area contributed by atoms with Crippen LogP contribution in [0.2, 0.25) is 0 Å². The molecule has 354 valence electrons. The van der Waals surface area contributed by atoms with Crippen molar-refractivity contribution >= 4 is 22.1 Å². The van der Waals surface area contributed by atoms with Gasteiger partial charge in [0.05, 0.1) is 6.61 Å². The molecule has 12 nitrogen and oxygen atoms in total. The highest BCUT2D eigenvalue weighted by molar-refractivity contribution is 7.85. The smallest absolute Gasteiger partial charge is 0.306 e. The second-order valence-corrected chi connectivity index (χ2v) is 18.6. The van der Waals surface area contributed by atoms with Gasteiger partial charge >= 0.3 is 11.9 Å². The van der Waals surface area contributed by atoms with Crippen LogP contribution in [0.15, 0.2) is 12.2 Å². The van der Waals surface area contributed by atoms with Gasteiger partial charge in [-0.05, 0) is 38.5 Å². The van der Waals surface area contributed by atoms with Crippen molar-refractivity contribution in [3.05, 3.63) is 12.2 Å². The second kappa shape index (κ2) is 37.9. The molecule has 0 saturated carbocycles. The fourth-order valence-electron chi connectivity index (χ4n) is 7.56. The number of aliphatic hydroxyl groups excluding tert-OH is 3. The van der Waals surface area contributed by atoms with Gasteiger partial charge in [-0.1, -0.05) is 180 Å². The maximum absolute atomic E-state index is 12.8.